The van der Waals surface area contributed by atoms with Crippen LogP contribution in [0.5, 0.6) is 11.5 Å². The van der Waals surface area contributed by atoms with Crippen LogP contribution in [0.15, 0.2) is 65.6 Å². The van der Waals surface area contributed by atoms with E-state index in [-0.39, 0.29) is 17.5 Å². The second-order valence-electron chi connectivity index (χ2n) is 7.57. The van der Waals surface area contributed by atoms with Crippen molar-refractivity contribution < 1.29 is 19.1 Å². The molecule has 0 bridgehead atoms. The highest BCUT2D eigenvalue weighted by atomic mass is 35.5. The van der Waals surface area contributed by atoms with Gasteiger partial charge in [0.05, 0.1) is 32.9 Å². The molecule has 1 N–H and O–H groups in total. The molecule has 1 aliphatic heterocycles. The van der Waals surface area contributed by atoms with Crippen molar-refractivity contribution in [2.45, 2.75) is 6.92 Å². The molecular formula is C26H19Cl3N2O4S2. The molecule has 1 saturated heterocycles. The fourth-order valence-electron chi connectivity index (χ4n) is 3.36. The summed E-state index contributed by atoms with van der Waals surface area (Å²) in [6.07, 6.45) is 1.73. The number of hydrogen-bond donors (Lipinski definition) is 1. The van der Waals surface area contributed by atoms with Gasteiger partial charge in [-0.1, -0.05) is 70.9 Å². The number of halogens is 3. The van der Waals surface area contributed by atoms with E-state index >= 15 is 0 Å². The van der Waals surface area contributed by atoms with Crippen molar-refractivity contribution in [2.24, 2.45) is 0 Å². The number of rotatable bonds is 8. The lowest BCUT2D eigenvalue weighted by Gasteiger charge is -2.14. The lowest BCUT2D eigenvalue weighted by atomic mass is 10.1. The van der Waals surface area contributed by atoms with Crippen LogP contribution >= 0.6 is 58.8 Å². The van der Waals surface area contributed by atoms with Crippen molar-refractivity contribution in [1.82, 2.24) is 0 Å². The van der Waals surface area contributed by atoms with Gasteiger partial charge < -0.3 is 14.8 Å². The Balaban J connectivity index is 1.48. The van der Waals surface area contributed by atoms with Crippen LogP contribution in [-0.2, 0) is 9.59 Å². The molecule has 4 rings (SSSR count). The van der Waals surface area contributed by atoms with Gasteiger partial charge >= 0.3 is 0 Å². The van der Waals surface area contributed by atoms with Gasteiger partial charge in [0.2, 0.25) is 0 Å². The second kappa shape index (κ2) is 12.2. The lowest BCUT2D eigenvalue weighted by molar-refractivity contribution is -0.118. The van der Waals surface area contributed by atoms with Crippen LogP contribution in [0, 0.1) is 0 Å². The number of carbonyl (C=O) groups excluding carboxylic acids is 2. The maximum atomic E-state index is 13.1. The maximum absolute atomic E-state index is 13.1. The number of anilines is 2. The highest BCUT2D eigenvalue weighted by Crippen LogP contribution is 2.37. The number of nitrogens with zero attached hydrogens (tertiary/aromatic N) is 1. The molecule has 0 radical (unpaired) electrons. The van der Waals surface area contributed by atoms with Crippen LogP contribution in [0.2, 0.25) is 15.1 Å². The third kappa shape index (κ3) is 6.58. The zero-order chi connectivity index (χ0) is 26.5. The van der Waals surface area contributed by atoms with Crippen LogP contribution in [-0.4, -0.2) is 29.3 Å². The van der Waals surface area contributed by atoms with Crippen LogP contribution in [0.25, 0.3) is 6.08 Å². The molecule has 0 unspecified atom stereocenters. The van der Waals surface area contributed by atoms with Crippen molar-refractivity contribution in [3.8, 4) is 11.5 Å². The van der Waals surface area contributed by atoms with Crippen LogP contribution < -0.4 is 19.7 Å². The fraction of sp³-hybridized carbons (Fsp3) is 0.115. The summed E-state index contributed by atoms with van der Waals surface area (Å²) in [6.45, 7) is 1.94. The summed E-state index contributed by atoms with van der Waals surface area (Å²) in [5.41, 5.74) is 1.74. The number of carbonyl (C=O) groups is 2. The quantitative estimate of drug-likeness (QED) is 0.216. The molecule has 0 spiro atoms. The zero-order valence-electron chi connectivity index (χ0n) is 19.3. The summed E-state index contributed by atoms with van der Waals surface area (Å²) in [7, 11) is 0. The van der Waals surface area contributed by atoms with Gasteiger partial charge in [-0.05, 0) is 67.1 Å². The average molecular weight is 594 g/mol. The fourth-order valence-corrected chi connectivity index (χ4v) is 5.14. The molecule has 11 heteroatoms. The van der Waals surface area contributed by atoms with Crippen molar-refractivity contribution in [3.05, 3.63) is 86.2 Å². The van der Waals surface area contributed by atoms with Gasteiger partial charge in [-0.15, -0.1) is 0 Å². The summed E-state index contributed by atoms with van der Waals surface area (Å²) >= 11 is 24.7. The molecule has 1 aliphatic rings. The minimum Gasteiger partial charge on any atom is -0.490 e. The number of nitrogens with one attached hydrogen (secondary N) is 1. The van der Waals surface area contributed by atoms with E-state index in [0.717, 1.165) is 0 Å². The van der Waals surface area contributed by atoms with Gasteiger partial charge in [0.25, 0.3) is 11.8 Å². The minimum absolute atomic E-state index is 0.230. The predicted molar refractivity (Wildman–Crippen MR) is 155 cm³/mol. The van der Waals surface area contributed by atoms with Crippen molar-refractivity contribution in [1.29, 1.82) is 0 Å². The number of hydrogen-bond acceptors (Lipinski definition) is 6. The number of benzene rings is 3. The smallest absolute Gasteiger partial charge is 0.270 e. The molecule has 1 heterocycles. The van der Waals surface area contributed by atoms with Crippen LogP contribution in [0.4, 0.5) is 11.4 Å². The average Bonchev–Trinajstić information content (AvgIpc) is 3.14. The predicted octanol–water partition coefficient (Wildman–Crippen LogP) is 7.47. The third-order valence-corrected chi connectivity index (χ3v) is 7.40. The van der Waals surface area contributed by atoms with Gasteiger partial charge in [0.15, 0.2) is 22.4 Å². The molecule has 6 nitrogen and oxygen atoms in total. The molecule has 0 aliphatic carbocycles. The first kappa shape index (κ1) is 27.3. The van der Waals surface area contributed by atoms with Gasteiger partial charge in [0, 0.05) is 5.02 Å². The van der Waals surface area contributed by atoms with Gasteiger partial charge in [0.1, 0.15) is 0 Å². The SMILES string of the molecule is CCOc1cc(/C=C2\SC(=S)N(c3ccc(Cl)cc3)C2=O)ccc1OCC(=O)Nc1cccc(Cl)c1Cl. The highest BCUT2D eigenvalue weighted by molar-refractivity contribution is 8.27. The topological polar surface area (TPSA) is 67.9 Å². The largest absolute Gasteiger partial charge is 0.490 e. The van der Waals surface area contributed by atoms with E-state index < -0.39 is 5.91 Å². The molecule has 0 aromatic heterocycles. The molecular weight excluding hydrogens is 575 g/mol. The molecule has 37 heavy (non-hydrogen) atoms. The Bertz CT molecular complexity index is 1400. The van der Waals surface area contributed by atoms with Crippen molar-refractivity contribution in [3.63, 3.8) is 0 Å². The van der Waals surface area contributed by atoms with Gasteiger partial charge in [-0.3, -0.25) is 14.5 Å². The first-order chi connectivity index (χ1) is 17.8. The normalized spacial score (nSPS) is 14.3. The van der Waals surface area contributed by atoms with E-state index in [0.29, 0.717) is 54.3 Å². The number of thioether (sulfide) groups is 1. The Morgan fingerprint density at radius 2 is 1.81 bits per heavy atom. The maximum Gasteiger partial charge on any atom is 0.270 e. The summed E-state index contributed by atoms with van der Waals surface area (Å²) in [6, 6.07) is 17.0. The van der Waals surface area contributed by atoms with E-state index in [9.17, 15) is 9.59 Å². The van der Waals surface area contributed by atoms with E-state index in [1.807, 2.05) is 6.92 Å². The molecule has 0 atom stereocenters. The van der Waals surface area contributed by atoms with E-state index in [4.69, 9.17) is 56.5 Å². The number of thiocarbonyl (C=S) groups is 1. The molecule has 0 saturated carbocycles. The molecule has 1 fully saturated rings. The minimum atomic E-state index is -0.415. The monoisotopic (exact) mass is 592 g/mol. The lowest BCUT2D eigenvalue weighted by Crippen LogP contribution is -2.27. The Kier molecular flexibility index (Phi) is 9.00. The summed E-state index contributed by atoms with van der Waals surface area (Å²) in [4.78, 5) is 27.4. The summed E-state index contributed by atoms with van der Waals surface area (Å²) < 4.78 is 11.8. The second-order valence-corrected chi connectivity index (χ2v) is 10.5. The Hall–Kier alpha value is -2.75. The molecule has 3 aromatic carbocycles. The Morgan fingerprint density at radius 3 is 2.54 bits per heavy atom. The van der Waals surface area contributed by atoms with Crippen LogP contribution in [0.1, 0.15) is 12.5 Å². The Labute approximate surface area is 238 Å². The van der Waals surface area contributed by atoms with Crippen molar-refractivity contribution in [2.75, 3.05) is 23.4 Å². The molecule has 3 aromatic rings. The zero-order valence-corrected chi connectivity index (χ0v) is 23.2. The number of ether oxygens (including phenoxy) is 2. The summed E-state index contributed by atoms with van der Waals surface area (Å²) in [5.74, 6) is 0.159. The van der Waals surface area contributed by atoms with E-state index in [2.05, 4.69) is 5.32 Å². The highest BCUT2D eigenvalue weighted by Gasteiger charge is 2.33. The first-order valence-electron chi connectivity index (χ1n) is 10.9. The number of amides is 2. The van der Waals surface area contributed by atoms with Gasteiger partial charge in [-0.2, -0.15) is 0 Å². The van der Waals surface area contributed by atoms with E-state index in [1.54, 1.807) is 66.7 Å². The summed E-state index contributed by atoms with van der Waals surface area (Å²) in [5, 5.41) is 3.82. The third-order valence-electron chi connectivity index (χ3n) is 5.03. The Morgan fingerprint density at radius 1 is 1.05 bits per heavy atom. The molecule has 2 amide bonds. The van der Waals surface area contributed by atoms with Crippen LogP contribution in [0.3, 0.4) is 0 Å². The molecule has 190 valence electrons. The van der Waals surface area contributed by atoms with Gasteiger partial charge in [-0.25, -0.2) is 0 Å². The van der Waals surface area contributed by atoms with E-state index in [1.165, 1.54) is 16.7 Å². The first-order valence-corrected chi connectivity index (χ1v) is 13.3. The standard InChI is InChI=1S/C26H19Cl3N2O4S2/c1-2-34-21-12-15(13-22-25(33)31(26(36)37-22)17-9-7-16(27)8-10-17)6-11-20(21)35-14-23(32)30-19-5-3-4-18(28)24(19)29/h3-13H,2,14H2,1H3,(H,30,32)/b22-13-. The van der Waals surface area contributed by atoms with Crippen molar-refractivity contribution >= 4 is 92.4 Å².